The van der Waals surface area contributed by atoms with E-state index in [9.17, 15) is 9.90 Å². The SMILES string of the molecule is CC1NNC(C)C1CCN(C)C(=O)Cc1cccc(O)c1. The Labute approximate surface area is 126 Å². The lowest BCUT2D eigenvalue weighted by Gasteiger charge is -2.23. The van der Waals surface area contributed by atoms with Crippen molar-refractivity contribution in [2.45, 2.75) is 38.8 Å². The summed E-state index contributed by atoms with van der Waals surface area (Å²) in [6.07, 6.45) is 1.31. The van der Waals surface area contributed by atoms with Crippen molar-refractivity contribution in [3.63, 3.8) is 0 Å². The maximum absolute atomic E-state index is 12.2. The van der Waals surface area contributed by atoms with Crippen LogP contribution in [0.1, 0.15) is 25.8 Å². The van der Waals surface area contributed by atoms with Gasteiger partial charge in [-0.2, -0.15) is 0 Å². The fraction of sp³-hybridized carbons (Fsp3) is 0.562. The second kappa shape index (κ2) is 6.91. The van der Waals surface area contributed by atoms with Crippen molar-refractivity contribution >= 4 is 5.91 Å². The maximum atomic E-state index is 12.2. The van der Waals surface area contributed by atoms with Crippen molar-refractivity contribution in [2.75, 3.05) is 13.6 Å². The van der Waals surface area contributed by atoms with Gasteiger partial charge < -0.3 is 10.0 Å². The molecular formula is C16H25N3O2. The first-order valence-electron chi connectivity index (χ1n) is 7.50. The lowest BCUT2D eigenvalue weighted by Crippen LogP contribution is -2.33. The van der Waals surface area contributed by atoms with Gasteiger partial charge in [-0.25, -0.2) is 0 Å². The van der Waals surface area contributed by atoms with E-state index >= 15 is 0 Å². The van der Waals surface area contributed by atoms with Gasteiger partial charge in [-0.1, -0.05) is 12.1 Å². The predicted octanol–water partition coefficient (Wildman–Crippen LogP) is 1.28. The average molecular weight is 291 g/mol. The highest BCUT2D eigenvalue weighted by Gasteiger charge is 2.29. The zero-order valence-electron chi connectivity index (χ0n) is 13.0. The first kappa shape index (κ1) is 15.8. The number of hydrazine groups is 1. The molecule has 0 aliphatic carbocycles. The van der Waals surface area contributed by atoms with Crippen molar-refractivity contribution in [1.29, 1.82) is 0 Å². The number of aromatic hydroxyl groups is 1. The number of hydrogen-bond acceptors (Lipinski definition) is 4. The minimum atomic E-state index is 0.0832. The zero-order chi connectivity index (χ0) is 15.4. The number of nitrogens with one attached hydrogen (secondary N) is 2. The van der Waals surface area contributed by atoms with Crippen molar-refractivity contribution in [3.8, 4) is 5.75 Å². The van der Waals surface area contributed by atoms with Gasteiger partial charge in [-0.05, 0) is 43.9 Å². The highest BCUT2D eigenvalue weighted by atomic mass is 16.3. The van der Waals surface area contributed by atoms with Gasteiger partial charge in [0, 0.05) is 25.7 Å². The number of benzene rings is 1. The molecule has 1 fully saturated rings. The Morgan fingerprint density at radius 3 is 2.57 bits per heavy atom. The molecule has 0 spiro atoms. The van der Waals surface area contributed by atoms with Gasteiger partial charge in [0.05, 0.1) is 6.42 Å². The molecule has 1 saturated heterocycles. The Bertz CT molecular complexity index is 482. The fourth-order valence-corrected chi connectivity index (χ4v) is 2.85. The van der Waals surface area contributed by atoms with E-state index in [1.807, 2.05) is 13.1 Å². The number of hydrogen-bond donors (Lipinski definition) is 3. The summed E-state index contributed by atoms with van der Waals surface area (Å²) in [6, 6.07) is 7.72. The van der Waals surface area contributed by atoms with Gasteiger partial charge in [-0.3, -0.25) is 15.6 Å². The normalized spacial score (nSPS) is 25.0. The average Bonchev–Trinajstić information content (AvgIpc) is 2.75. The van der Waals surface area contributed by atoms with E-state index in [-0.39, 0.29) is 11.7 Å². The molecule has 1 aliphatic heterocycles. The van der Waals surface area contributed by atoms with Gasteiger partial charge in [0.25, 0.3) is 0 Å². The topological polar surface area (TPSA) is 64.6 Å². The number of phenolic OH excluding ortho intramolecular Hbond substituents is 1. The number of nitrogens with zero attached hydrogens (tertiary/aromatic N) is 1. The third-order valence-corrected chi connectivity index (χ3v) is 4.31. The van der Waals surface area contributed by atoms with Crippen LogP contribution in [0.25, 0.3) is 0 Å². The molecule has 0 bridgehead atoms. The molecular weight excluding hydrogens is 266 g/mol. The number of phenols is 1. The van der Waals surface area contributed by atoms with Gasteiger partial charge in [0.1, 0.15) is 5.75 Å². The summed E-state index contributed by atoms with van der Waals surface area (Å²) in [7, 11) is 1.84. The van der Waals surface area contributed by atoms with Crippen LogP contribution in [0.4, 0.5) is 0 Å². The summed E-state index contributed by atoms with van der Waals surface area (Å²) in [5, 5.41) is 9.43. The molecule has 0 saturated carbocycles. The monoisotopic (exact) mass is 291 g/mol. The van der Waals surface area contributed by atoms with Crippen LogP contribution >= 0.6 is 0 Å². The van der Waals surface area contributed by atoms with Gasteiger partial charge in [0.15, 0.2) is 0 Å². The number of carbonyl (C=O) groups excluding carboxylic acids is 1. The van der Waals surface area contributed by atoms with Crippen molar-refractivity contribution in [2.24, 2.45) is 5.92 Å². The van der Waals surface area contributed by atoms with Gasteiger partial charge >= 0.3 is 0 Å². The summed E-state index contributed by atoms with van der Waals surface area (Å²) in [6.45, 7) is 5.08. The predicted molar refractivity (Wildman–Crippen MR) is 82.8 cm³/mol. The first-order chi connectivity index (χ1) is 9.97. The van der Waals surface area contributed by atoms with Crippen LogP contribution in [0.2, 0.25) is 0 Å². The summed E-state index contributed by atoms with van der Waals surface area (Å²) >= 11 is 0. The number of rotatable bonds is 5. The molecule has 3 N–H and O–H groups in total. The smallest absolute Gasteiger partial charge is 0.226 e. The standard InChI is InChI=1S/C16H25N3O2/c1-11-15(12(2)18-17-11)7-8-19(3)16(21)10-13-5-4-6-14(20)9-13/h4-6,9,11-12,15,17-18,20H,7-8,10H2,1-3H3. The van der Waals surface area contributed by atoms with Crippen LogP contribution in [0, 0.1) is 5.92 Å². The Kier molecular flexibility index (Phi) is 5.20. The molecule has 1 heterocycles. The quantitative estimate of drug-likeness (QED) is 0.765. The van der Waals surface area contributed by atoms with Crippen LogP contribution in [0.3, 0.4) is 0 Å². The summed E-state index contributed by atoms with van der Waals surface area (Å²) in [5.74, 6) is 0.814. The molecule has 5 heteroatoms. The highest BCUT2D eigenvalue weighted by Crippen LogP contribution is 2.19. The molecule has 1 amide bonds. The number of carbonyl (C=O) groups is 1. The van der Waals surface area contributed by atoms with Crippen LogP contribution in [-0.2, 0) is 11.2 Å². The zero-order valence-corrected chi connectivity index (χ0v) is 13.0. The van der Waals surface area contributed by atoms with Crippen molar-refractivity contribution in [3.05, 3.63) is 29.8 Å². The third kappa shape index (κ3) is 4.19. The molecule has 5 nitrogen and oxygen atoms in total. The molecule has 116 valence electrons. The highest BCUT2D eigenvalue weighted by molar-refractivity contribution is 5.78. The van der Waals surface area contributed by atoms with Crippen molar-refractivity contribution < 1.29 is 9.90 Å². The number of likely N-dealkylation sites (N-methyl/N-ethyl adjacent to an activating group) is 1. The molecule has 0 aromatic heterocycles. The van der Waals surface area contributed by atoms with E-state index in [2.05, 4.69) is 24.7 Å². The third-order valence-electron chi connectivity index (χ3n) is 4.31. The molecule has 2 unspecified atom stereocenters. The molecule has 2 rings (SSSR count). The van der Waals surface area contributed by atoms with Crippen LogP contribution < -0.4 is 10.9 Å². The molecule has 21 heavy (non-hydrogen) atoms. The minimum Gasteiger partial charge on any atom is -0.508 e. The van der Waals surface area contributed by atoms with E-state index in [4.69, 9.17) is 0 Å². The lowest BCUT2D eigenvalue weighted by molar-refractivity contribution is -0.129. The minimum absolute atomic E-state index is 0.0832. The Balaban J connectivity index is 1.82. The largest absolute Gasteiger partial charge is 0.508 e. The van der Waals surface area contributed by atoms with E-state index in [0.717, 1.165) is 18.5 Å². The molecule has 0 radical (unpaired) electrons. The first-order valence-corrected chi connectivity index (χ1v) is 7.50. The Morgan fingerprint density at radius 1 is 1.29 bits per heavy atom. The van der Waals surface area contributed by atoms with Crippen molar-refractivity contribution in [1.82, 2.24) is 15.8 Å². The molecule has 2 atom stereocenters. The summed E-state index contributed by atoms with van der Waals surface area (Å²) < 4.78 is 0. The Morgan fingerprint density at radius 2 is 1.95 bits per heavy atom. The summed E-state index contributed by atoms with van der Waals surface area (Å²) in [4.78, 5) is 14.0. The fourth-order valence-electron chi connectivity index (χ4n) is 2.85. The van der Waals surface area contributed by atoms with Gasteiger partial charge in [0.2, 0.25) is 5.91 Å². The van der Waals surface area contributed by atoms with E-state index in [1.54, 1.807) is 23.1 Å². The van der Waals surface area contributed by atoms with Gasteiger partial charge in [-0.15, -0.1) is 0 Å². The van der Waals surface area contributed by atoms with E-state index in [1.165, 1.54) is 0 Å². The van der Waals surface area contributed by atoms with E-state index < -0.39 is 0 Å². The van der Waals surface area contributed by atoms with Crippen LogP contribution in [0.15, 0.2) is 24.3 Å². The lowest BCUT2D eigenvalue weighted by atomic mass is 9.93. The van der Waals surface area contributed by atoms with Crippen LogP contribution in [0.5, 0.6) is 5.75 Å². The number of amides is 1. The second-order valence-corrected chi connectivity index (χ2v) is 5.98. The maximum Gasteiger partial charge on any atom is 0.226 e. The molecule has 1 aromatic carbocycles. The molecule has 1 aromatic rings. The Hall–Kier alpha value is -1.59. The second-order valence-electron chi connectivity index (χ2n) is 5.98. The molecule has 1 aliphatic rings. The summed E-state index contributed by atoms with van der Waals surface area (Å²) in [5.41, 5.74) is 7.32. The van der Waals surface area contributed by atoms with E-state index in [0.29, 0.717) is 24.4 Å². The van der Waals surface area contributed by atoms with Crippen LogP contribution in [-0.4, -0.2) is 41.6 Å².